The summed E-state index contributed by atoms with van der Waals surface area (Å²) in [6, 6.07) is 9.92. The van der Waals surface area contributed by atoms with E-state index in [0.717, 1.165) is 73.5 Å². The Morgan fingerprint density at radius 1 is 1.08 bits per heavy atom. The lowest BCUT2D eigenvalue weighted by molar-refractivity contribution is 0.0689. The molecule has 1 aromatic heterocycles. The van der Waals surface area contributed by atoms with Crippen LogP contribution in [0.5, 0.6) is 0 Å². The van der Waals surface area contributed by atoms with Gasteiger partial charge in [-0.05, 0) is 51.2 Å². The third kappa shape index (κ3) is 3.26. The molecule has 1 fully saturated rings. The van der Waals surface area contributed by atoms with Gasteiger partial charge in [-0.25, -0.2) is 0 Å². The molecule has 5 heteroatoms. The molecule has 0 saturated carbocycles. The Morgan fingerprint density at radius 3 is 2.62 bits per heavy atom. The molecule has 0 spiro atoms. The van der Waals surface area contributed by atoms with Crippen molar-refractivity contribution < 1.29 is 9.21 Å². The molecular formula is C21H25N3O2. The van der Waals surface area contributed by atoms with Gasteiger partial charge in [0.05, 0.1) is 11.4 Å². The Hall–Kier alpha value is -2.56. The normalized spacial score (nSPS) is 18.7. The third-order valence-corrected chi connectivity index (χ3v) is 5.26. The van der Waals surface area contributed by atoms with Crippen LogP contribution in [0, 0.1) is 6.92 Å². The van der Waals surface area contributed by atoms with Gasteiger partial charge < -0.3 is 9.32 Å². The van der Waals surface area contributed by atoms with Crippen LogP contribution in [0.3, 0.4) is 0 Å². The summed E-state index contributed by atoms with van der Waals surface area (Å²) in [6.45, 7) is 3.66. The van der Waals surface area contributed by atoms with Crippen LogP contribution in [-0.4, -0.2) is 29.6 Å². The maximum absolute atomic E-state index is 12.9. The van der Waals surface area contributed by atoms with E-state index in [9.17, 15) is 4.79 Å². The molecule has 1 aliphatic carbocycles. The fourth-order valence-electron chi connectivity index (χ4n) is 3.87. The molecule has 5 nitrogen and oxygen atoms in total. The van der Waals surface area contributed by atoms with E-state index >= 15 is 0 Å². The molecule has 2 aliphatic rings. The Bertz CT molecular complexity index is 817. The number of furan rings is 1. The fraction of sp³-hybridized carbons (Fsp3) is 0.429. The van der Waals surface area contributed by atoms with Crippen molar-refractivity contribution in [1.29, 1.82) is 0 Å². The van der Waals surface area contributed by atoms with E-state index < -0.39 is 0 Å². The number of para-hydroxylation sites is 1. The Morgan fingerprint density at radius 2 is 1.85 bits per heavy atom. The van der Waals surface area contributed by atoms with E-state index in [1.807, 2.05) is 42.2 Å². The largest absolute Gasteiger partial charge is 0.455 e. The number of likely N-dealkylation sites (tertiary alicyclic amines) is 1. The minimum Gasteiger partial charge on any atom is -0.455 e. The van der Waals surface area contributed by atoms with Crippen LogP contribution in [0.1, 0.15) is 59.5 Å². The van der Waals surface area contributed by atoms with Gasteiger partial charge in [0, 0.05) is 30.6 Å². The molecule has 0 radical (unpaired) electrons. The molecule has 1 N–H and O–H groups in total. The molecule has 1 aromatic carbocycles. The van der Waals surface area contributed by atoms with E-state index in [1.165, 1.54) is 6.42 Å². The number of hydrogen-bond acceptors (Lipinski definition) is 4. The van der Waals surface area contributed by atoms with Crippen LogP contribution in [0.25, 0.3) is 0 Å². The minimum absolute atomic E-state index is 0.0342. The number of carbonyl (C=O) groups excluding carboxylic acids is 1. The molecule has 0 atom stereocenters. The van der Waals surface area contributed by atoms with E-state index in [1.54, 1.807) is 0 Å². The molecular weight excluding hydrogens is 326 g/mol. The summed E-state index contributed by atoms with van der Waals surface area (Å²) in [5, 5.41) is 4.62. The van der Waals surface area contributed by atoms with Crippen molar-refractivity contribution >= 4 is 17.3 Å². The highest BCUT2D eigenvalue weighted by molar-refractivity contribution is 6.06. The molecule has 0 unspecified atom stereocenters. The first-order chi connectivity index (χ1) is 12.7. The van der Waals surface area contributed by atoms with Crippen LogP contribution >= 0.6 is 0 Å². The highest BCUT2D eigenvalue weighted by Gasteiger charge is 2.30. The molecule has 1 saturated heterocycles. The van der Waals surface area contributed by atoms with Gasteiger partial charge in [-0.15, -0.1) is 0 Å². The smallest absolute Gasteiger partial charge is 0.289 e. The van der Waals surface area contributed by atoms with Gasteiger partial charge in [-0.3, -0.25) is 10.2 Å². The lowest BCUT2D eigenvalue weighted by Gasteiger charge is -2.25. The highest BCUT2D eigenvalue weighted by Crippen LogP contribution is 2.31. The summed E-state index contributed by atoms with van der Waals surface area (Å²) in [6.07, 6.45) is 6.13. The second-order valence-electron chi connectivity index (χ2n) is 7.10. The quantitative estimate of drug-likeness (QED) is 0.836. The van der Waals surface area contributed by atoms with Crippen molar-refractivity contribution in [1.82, 2.24) is 4.90 Å². The number of aryl methyl sites for hydroxylation is 1. The predicted octanol–water partition coefficient (Wildman–Crippen LogP) is 4.37. The second kappa shape index (κ2) is 7.36. The van der Waals surface area contributed by atoms with Gasteiger partial charge in [0.25, 0.3) is 5.91 Å². The average Bonchev–Trinajstić information content (AvgIpc) is 3.04. The van der Waals surface area contributed by atoms with Crippen molar-refractivity contribution in [2.24, 2.45) is 5.10 Å². The zero-order chi connectivity index (χ0) is 17.9. The summed E-state index contributed by atoms with van der Waals surface area (Å²) in [5.74, 6) is 1.45. The van der Waals surface area contributed by atoms with Crippen LogP contribution in [-0.2, 0) is 6.42 Å². The van der Waals surface area contributed by atoms with E-state index in [4.69, 9.17) is 4.42 Å². The maximum atomic E-state index is 12.9. The van der Waals surface area contributed by atoms with Gasteiger partial charge in [0.2, 0.25) is 0 Å². The van der Waals surface area contributed by atoms with Crippen LogP contribution in [0.2, 0.25) is 0 Å². The first kappa shape index (κ1) is 16.9. The number of amides is 1. The summed E-state index contributed by atoms with van der Waals surface area (Å²) in [7, 11) is 0. The molecule has 2 aromatic rings. The molecule has 0 bridgehead atoms. The van der Waals surface area contributed by atoms with Crippen LogP contribution in [0.4, 0.5) is 5.69 Å². The van der Waals surface area contributed by atoms with Gasteiger partial charge in [-0.2, -0.15) is 5.10 Å². The van der Waals surface area contributed by atoms with E-state index in [2.05, 4.69) is 10.5 Å². The molecule has 2 heterocycles. The van der Waals surface area contributed by atoms with Gasteiger partial charge in [0.15, 0.2) is 5.76 Å². The number of benzene rings is 1. The van der Waals surface area contributed by atoms with Crippen LogP contribution < -0.4 is 5.43 Å². The summed E-state index contributed by atoms with van der Waals surface area (Å²) >= 11 is 0. The first-order valence-corrected chi connectivity index (χ1v) is 9.53. The number of hydrazone groups is 1. The third-order valence-electron chi connectivity index (χ3n) is 5.26. The van der Waals surface area contributed by atoms with Crippen molar-refractivity contribution in [3.05, 3.63) is 53.0 Å². The minimum atomic E-state index is 0.0342. The Labute approximate surface area is 154 Å². The SMILES string of the molecule is Cc1c(C(=O)N2CCCCC2)oc2c1/C(=N/Nc1ccccc1)CCC2. The van der Waals surface area contributed by atoms with Crippen molar-refractivity contribution in [3.8, 4) is 0 Å². The monoisotopic (exact) mass is 351 g/mol. The van der Waals surface area contributed by atoms with Gasteiger partial charge in [0.1, 0.15) is 5.76 Å². The predicted molar refractivity (Wildman–Crippen MR) is 103 cm³/mol. The second-order valence-corrected chi connectivity index (χ2v) is 7.10. The zero-order valence-electron chi connectivity index (χ0n) is 15.3. The standard InChI is InChI=1S/C21H25N3O2/c1-15-19-17(23-22-16-9-4-2-5-10-16)11-8-12-18(19)26-20(15)21(25)24-13-6-3-7-14-24/h2,4-5,9-10,22H,3,6-8,11-14H2,1H3/b23-17+. The lowest BCUT2D eigenvalue weighted by Crippen LogP contribution is -2.35. The van der Waals surface area contributed by atoms with Gasteiger partial charge >= 0.3 is 0 Å². The number of rotatable bonds is 3. The average molecular weight is 351 g/mol. The summed E-state index contributed by atoms with van der Waals surface area (Å²) in [4.78, 5) is 14.8. The molecule has 1 aliphatic heterocycles. The topological polar surface area (TPSA) is 57.8 Å². The molecule has 1 amide bonds. The molecule has 4 rings (SSSR count). The number of carbonyl (C=O) groups is 1. The Balaban J connectivity index is 1.61. The van der Waals surface area contributed by atoms with Crippen molar-refractivity contribution in [2.45, 2.75) is 45.4 Å². The number of hydrogen-bond donors (Lipinski definition) is 1. The zero-order valence-corrected chi connectivity index (χ0v) is 15.3. The number of anilines is 1. The first-order valence-electron chi connectivity index (χ1n) is 9.53. The lowest BCUT2D eigenvalue weighted by atomic mass is 9.93. The number of nitrogens with zero attached hydrogens (tertiary/aromatic N) is 2. The van der Waals surface area contributed by atoms with E-state index in [-0.39, 0.29) is 5.91 Å². The highest BCUT2D eigenvalue weighted by atomic mass is 16.4. The van der Waals surface area contributed by atoms with Crippen LogP contribution in [0.15, 0.2) is 39.9 Å². The molecule has 136 valence electrons. The van der Waals surface area contributed by atoms with E-state index in [0.29, 0.717) is 5.76 Å². The number of nitrogens with one attached hydrogen (secondary N) is 1. The Kier molecular flexibility index (Phi) is 4.78. The van der Waals surface area contributed by atoms with Crippen molar-refractivity contribution in [3.63, 3.8) is 0 Å². The number of piperidine rings is 1. The molecule has 26 heavy (non-hydrogen) atoms. The van der Waals surface area contributed by atoms with Gasteiger partial charge in [-0.1, -0.05) is 18.2 Å². The fourth-order valence-corrected chi connectivity index (χ4v) is 3.87. The maximum Gasteiger partial charge on any atom is 0.289 e. The summed E-state index contributed by atoms with van der Waals surface area (Å²) < 4.78 is 6.03. The number of fused-ring (bicyclic) bond motifs is 1. The van der Waals surface area contributed by atoms with Crippen molar-refractivity contribution in [2.75, 3.05) is 18.5 Å². The summed E-state index contributed by atoms with van der Waals surface area (Å²) in [5.41, 5.74) is 7.03.